The number of aryl methyl sites for hydroxylation is 3. The Balaban J connectivity index is 0.00000480. The van der Waals surface area contributed by atoms with Crippen molar-refractivity contribution in [2.45, 2.75) is 46.7 Å². The largest absolute Gasteiger partial charge is 0.382 e. The summed E-state index contributed by atoms with van der Waals surface area (Å²) in [4.78, 5) is 15.0. The number of guanidine groups is 1. The molecule has 2 N–H and O–H groups in total. The standard InChI is InChI=1S/C21H32N6O3.HI/c1-4-30-14-6-12-23-21(22-11-5-13-26-18(3)15-17(2)25-26)24-16-19-7-9-20(10-8-19)27(28)29;/h7-10,15H,4-6,11-14,16H2,1-3H3,(H2,22,23,24);1H. The van der Waals surface area contributed by atoms with Gasteiger partial charge in [-0.25, -0.2) is 4.99 Å². The van der Waals surface area contributed by atoms with Crippen molar-refractivity contribution < 1.29 is 9.66 Å². The minimum absolute atomic E-state index is 0. The maximum atomic E-state index is 10.8. The summed E-state index contributed by atoms with van der Waals surface area (Å²) < 4.78 is 7.38. The number of aromatic nitrogens is 2. The number of ether oxygens (including phenoxy) is 1. The zero-order valence-corrected chi connectivity index (χ0v) is 20.8. The molecule has 2 rings (SSSR count). The average Bonchev–Trinajstić information content (AvgIpc) is 3.05. The lowest BCUT2D eigenvalue weighted by Crippen LogP contribution is -2.39. The molecule has 0 radical (unpaired) electrons. The molecular weight excluding hydrogens is 511 g/mol. The number of halogens is 1. The van der Waals surface area contributed by atoms with Crippen molar-refractivity contribution >= 4 is 35.6 Å². The summed E-state index contributed by atoms with van der Waals surface area (Å²) in [5, 5.41) is 21.9. The van der Waals surface area contributed by atoms with E-state index < -0.39 is 4.92 Å². The summed E-state index contributed by atoms with van der Waals surface area (Å²) in [5.74, 6) is 0.721. The Hall–Kier alpha value is -2.21. The van der Waals surface area contributed by atoms with Crippen LogP contribution in [0.2, 0.25) is 0 Å². The summed E-state index contributed by atoms with van der Waals surface area (Å²) >= 11 is 0. The van der Waals surface area contributed by atoms with E-state index in [1.807, 2.05) is 18.5 Å². The van der Waals surface area contributed by atoms with Gasteiger partial charge in [-0.2, -0.15) is 5.10 Å². The van der Waals surface area contributed by atoms with Gasteiger partial charge in [-0.15, -0.1) is 24.0 Å². The normalized spacial score (nSPS) is 11.1. The molecule has 0 amide bonds. The zero-order valence-electron chi connectivity index (χ0n) is 18.5. The summed E-state index contributed by atoms with van der Waals surface area (Å²) in [6, 6.07) is 8.54. The topological polar surface area (TPSA) is 107 Å². The molecule has 0 unspecified atom stereocenters. The molecule has 2 aromatic rings. The molecule has 0 aliphatic heterocycles. The van der Waals surface area contributed by atoms with Crippen LogP contribution in [0.25, 0.3) is 0 Å². The van der Waals surface area contributed by atoms with Gasteiger partial charge in [0.2, 0.25) is 0 Å². The van der Waals surface area contributed by atoms with E-state index in [1.165, 1.54) is 12.1 Å². The van der Waals surface area contributed by atoms with Gasteiger partial charge in [0.25, 0.3) is 5.69 Å². The van der Waals surface area contributed by atoms with Crippen LogP contribution in [-0.2, 0) is 17.8 Å². The molecule has 1 heterocycles. The molecule has 172 valence electrons. The van der Waals surface area contributed by atoms with Gasteiger partial charge < -0.3 is 15.4 Å². The number of hydrogen-bond acceptors (Lipinski definition) is 5. The average molecular weight is 544 g/mol. The molecule has 0 spiro atoms. The summed E-state index contributed by atoms with van der Waals surface area (Å²) in [6.45, 7) is 10.3. The van der Waals surface area contributed by atoms with Gasteiger partial charge in [0, 0.05) is 50.7 Å². The van der Waals surface area contributed by atoms with Crippen LogP contribution in [0.1, 0.15) is 36.7 Å². The highest BCUT2D eigenvalue weighted by Gasteiger charge is 2.05. The monoisotopic (exact) mass is 544 g/mol. The summed E-state index contributed by atoms with van der Waals surface area (Å²) in [6.07, 6.45) is 1.80. The number of rotatable bonds is 12. The molecule has 0 bridgehead atoms. The second-order valence-electron chi connectivity index (χ2n) is 7.00. The number of benzene rings is 1. The summed E-state index contributed by atoms with van der Waals surface area (Å²) in [7, 11) is 0. The Morgan fingerprint density at radius 3 is 2.45 bits per heavy atom. The Labute approximate surface area is 200 Å². The van der Waals surface area contributed by atoms with Crippen molar-refractivity contribution in [3.63, 3.8) is 0 Å². The first-order chi connectivity index (χ1) is 14.5. The molecule has 31 heavy (non-hydrogen) atoms. The fourth-order valence-corrected chi connectivity index (χ4v) is 2.93. The third-order valence-corrected chi connectivity index (χ3v) is 4.47. The predicted molar refractivity (Wildman–Crippen MR) is 133 cm³/mol. The fourth-order valence-electron chi connectivity index (χ4n) is 2.93. The number of nitrogens with one attached hydrogen (secondary N) is 2. The Morgan fingerprint density at radius 2 is 1.87 bits per heavy atom. The first-order valence-electron chi connectivity index (χ1n) is 10.3. The molecular formula is C21H33IN6O3. The van der Waals surface area contributed by atoms with E-state index in [2.05, 4.69) is 33.7 Å². The highest BCUT2D eigenvalue weighted by atomic mass is 127. The van der Waals surface area contributed by atoms with Crippen molar-refractivity contribution in [1.82, 2.24) is 20.4 Å². The molecule has 10 heteroatoms. The molecule has 9 nitrogen and oxygen atoms in total. The lowest BCUT2D eigenvalue weighted by atomic mass is 10.2. The molecule has 0 fully saturated rings. The van der Waals surface area contributed by atoms with Crippen molar-refractivity contribution in [3.8, 4) is 0 Å². The quantitative estimate of drug-likeness (QED) is 0.106. The van der Waals surface area contributed by atoms with Gasteiger partial charge in [-0.05, 0) is 45.2 Å². The van der Waals surface area contributed by atoms with Gasteiger partial charge in [-0.3, -0.25) is 14.8 Å². The Morgan fingerprint density at radius 1 is 1.19 bits per heavy atom. The third kappa shape index (κ3) is 10.1. The van der Waals surface area contributed by atoms with Crippen molar-refractivity contribution in [1.29, 1.82) is 0 Å². The van der Waals surface area contributed by atoms with Crippen molar-refractivity contribution in [2.24, 2.45) is 4.99 Å². The van der Waals surface area contributed by atoms with E-state index in [9.17, 15) is 10.1 Å². The van der Waals surface area contributed by atoms with Crippen LogP contribution in [0.15, 0.2) is 35.3 Å². The van der Waals surface area contributed by atoms with Gasteiger partial charge in [0.1, 0.15) is 0 Å². The zero-order chi connectivity index (χ0) is 21.8. The molecule has 1 aromatic carbocycles. The van der Waals surface area contributed by atoms with Crippen LogP contribution in [0.5, 0.6) is 0 Å². The van der Waals surface area contributed by atoms with Crippen LogP contribution in [0, 0.1) is 24.0 Å². The first-order valence-corrected chi connectivity index (χ1v) is 10.3. The number of non-ortho nitro benzene ring substituents is 1. The minimum atomic E-state index is -0.400. The van der Waals surface area contributed by atoms with E-state index in [0.717, 1.165) is 55.4 Å². The van der Waals surface area contributed by atoms with Crippen LogP contribution in [0.3, 0.4) is 0 Å². The van der Waals surface area contributed by atoms with E-state index in [-0.39, 0.29) is 29.7 Å². The molecule has 0 aliphatic rings. The number of nitro groups is 1. The van der Waals surface area contributed by atoms with Gasteiger partial charge in [-0.1, -0.05) is 12.1 Å². The Bertz CT molecular complexity index is 823. The molecule has 0 atom stereocenters. The number of nitrogens with zero attached hydrogens (tertiary/aromatic N) is 4. The lowest BCUT2D eigenvalue weighted by molar-refractivity contribution is -0.384. The second-order valence-corrected chi connectivity index (χ2v) is 7.00. The number of nitro benzene ring substituents is 1. The molecule has 1 aromatic heterocycles. The van der Waals surface area contributed by atoms with Crippen LogP contribution < -0.4 is 10.6 Å². The maximum absolute atomic E-state index is 10.8. The maximum Gasteiger partial charge on any atom is 0.269 e. The SMILES string of the molecule is CCOCCCNC(=NCc1ccc([N+](=O)[O-])cc1)NCCCn1nc(C)cc1C.I. The first kappa shape index (κ1) is 26.8. The summed E-state index contributed by atoms with van der Waals surface area (Å²) in [5.41, 5.74) is 3.19. The predicted octanol–water partition coefficient (Wildman–Crippen LogP) is 3.58. The molecule has 0 saturated carbocycles. The van der Waals surface area contributed by atoms with E-state index in [1.54, 1.807) is 12.1 Å². The van der Waals surface area contributed by atoms with Crippen LogP contribution >= 0.6 is 24.0 Å². The van der Waals surface area contributed by atoms with E-state index >= 15 is 0 Å². The lowest BCUT2D eigenvalue weighted by Gasteiger charge is -2.13. The smallest absolute Gasteiger partial charge is 0.269 e. The molecule has 0 aliphatic carbocycles. The molecule has 0 saturated heterocycles. The van der Waals surface area contributed by atoms with Crippen molar-refractivity contribution in [2.75, 3.05) is 26.3 Å². The number of aliphatic imine (C=N–C) groups is 1. The Kier molecular flexibility index (Phi) is 12.8. The van der Waals surface area contributed by atoms with E-state index in [4.69, 9.17) is 4.74 Å². The van der Waals surface area contributed by atoms with Gasteiger partial charge in [0.15, 0.2) is 5.96 Å². The third-order valence-electron chi connectivity index (χ3n) is 4.47. The van der Waals surface area contributed by atoms with Gasteiger partial charge >= 0.3 is 0 Å². The van der Waals surface area contributed by atoms with Gasteiger partial charge in [0.05, 0.1) is 17.2 Å². The second kappa shape index (κ2) is 14.7. The fraction of sp³-hybridized carbons (Fsp3) is 0.524. The minimum Gasteiger partial charge on any atom is -0.382 e. The van der Waals surface area contributed by atoms with Crippen LogP contribution in [-0.4, -0.2) is 47.0 Å². The van der Waals surface area contributed by atoms with Crippen LogP contribution in [0.4, 0.5) is 5.69 Å². The number of hydrogen-bond donors (Lipinski definition) is 2. The van der Waals surface area contributed by atoms with E-state index in [0.29, 0.717) is 19.8 Å². The highest BCUT2D eigenvalue weighted by molar-refractivity contribution is 14.0. The van der Waals surface area contributed by atoms with Crippen molar-refractivity contribution in [3.05, 3.63) is 57.4 Å². The highest BCUT2D eigenvalue weighted by Crippen LogP contribution is 2.12.